The molecule has 2 aromatic carbocycles. The first-order valence-corrected chi connectivity index (χ1v) is 8.38. The van der Waals surface area contributed by atoms with E-state index in [9.17, 15) is 9.59 Å². The normalized spacial score (nSPS) is 16.3. The largest absolute Gasteiger partial charge is 0.421 e. The van der Waals surface area contributed by atoms with E-state index >= 15 is 0 Å². The second kappa shape index (κ2) is 7.00. The average molecular weight is 351 g/mol. The minimum atomic E-state index is -0.709. The zero-order chi connectivity index (χ0) is 18.8. The van der Waals surface area contributed by atoms with E-state index < -0.39 is 17.9 Å². The molecule has 26 heavy (non-hydrogen) atoms. The average Bonchev–Trinajstić information content (AvgIpc) is 3.08. The van der Waals surface area contributed by atoms with Gasteiger partial charge in [0.15, 0.2) is 0 Å². The Kier molecular flexibility index (Phi) is 4.75. The lowest BCUT2D eigenvalue weighted by Gasteiger charge is -2.20. The smallest absolute Gasteiger partial charge is 0.360 e. The molecular formula is C20H21N3O3. The van der Waals surface area contributed by atoms with Crippen LogP contribution in [0, 0.1) is 20.8 Å². The van der Waals surface area contributed by atoms with Crippen molar-refractivity contribution in [2.75, 3.05) is 5.01 Å². The maximum atomic E-state index is 12.6. The number of para-hydroxylation sites is 1. The third-order valence-corrected chi connectivity index (χ3v) is 4.56. The molecule has 2 aromatic rings. The lowest BCUT2D eigenvalue weighted by atomic mass is 10.1. The summed E-state index contributed by atoms with van der Waals surface area (Å²) in [5.41, 5.74) is 9.19. The van der Waals surface area contributed by atoms with E-state index in [1.807, 2.05) is 63.2 Å². The molecule has 0 fully saturated rings. The maximum Gasteiger partial charge on any atom is 0.360 e. The Hall–Kier alpha value is -3.15. The number of hydrogen-bond donors (Lipinski definition) is 1. The molecule has 1 aliphatic heterocycles. The van der Waals surface area contributed by atoms with Gasteiger partial charge in [0.2, 0.25) is 5.91 Å². The Morgan fingerprint density at radius 2 is 1.73 bits per heavy atom. The van der Waals surface area contributed by atoms with Crippen LogP contribution in [0.1, 0.15) is 23.1 Å². The predicted octanol–water partition coefficient (Wildman–Crippen LogP) is 2.64. The van der Waals surface area contributed by atoms with E-state index in [4.69, 9.17) is 10.5 Å². The van der Waals surface area contributed by atoms with Crippen LogP contribution >= 0.6 is 0 Å². The first-order valence-electron chi connectivity index (χ1n) is 8.38. The number of benzene rings is 2. The van der Waals surface area contributed by atoms with Crippen LogP contribution in [0.4, 0.5) is 5.69 Å². The van der Waals surface area contributed by atoms with Crippen LogP contribution in [0.15, 0.2) is 47.6 Å². The van der Waals surface area contributed by atoms with E-state index in [0.717, 1.165) is 16.7 Å². The van der Waals surface area contributed by atoms with Crippen LogP contribution in [0.5, 0.6) is 5.75 Å². The van der Waals surface area contributed by atoms with Gasteiger partial charge in [-0.2, -0.15) is 5.10 Å². The molecule has 0 bridgehead atoms. The fraction of sp³-hybridized carbons (Fsp3) is 0.250. The van der Waals surface area contributed by atoms with Gasteiger partial charge in [0, 0.05) is 6.42 Å². The van der Waals surface area contributed by atoms with Crippen molar-refractivity contribution >= 4 is 23.3 Å². The Bertz CT molecular complexity index is 891. The van der Waals surface area contributed by atoms with Crippen molar-refractivity contribution in [3.63, 3.8) is 0 Å². The highest BCUT2D eigenvalue weighted by Crippen LogP contribution is 2.28. The molecule has 1 heterocycles. The van der Waals surface area contributed by atoms with Crippen LogP contribution in [-0.2, 0) is 9.59 Å². The fourth-order valence-corrected chi connectivity index (χ4v) is 2.91. The van der Waals surface area contributed by atoms with Crippen LogP contribution in [0.25, 0.3) is 0 Å². The van der Waals surface area contributed by atoms with Gasteiger partial charge in [-0.25, -0.2) is 4.79 Å². The number of anilines is 1. The minimum absolute atomic E-state index is 0.118. The minimum Gasteiger partial charge on any atom is -0.421 e. The number of amides is 1. The highest BCUT2D eigenvalue weighted by molar-refractivity contribution is 6.38. The number of rotatable bonds is 4. The number of carbonyl (C=O) groups excluding carboxylic acids is 2. The van der Waals surface area contributed by atoms with Crippen molar-refractivity contribution in [2.45, 2.75) is 33.2 Å². The van der Waals surface area contributed by atoms with Crippen LogP contribution in [0.3, 0.4) is 0 Å². The molecule has 1 aliphatic rings. The van der Waals surface area contributed by atoms with Gasteiger partial charge in [-0.1, -0.05) is 30.3 Å². The molecule has 1 atom stereocenters. The van der Waals surface area contributed by atoms with E-state index in [0.29, 0.717) is 11.4 Å². The number of aryl methyl sites for hydroxylation is 2. The molecule has 6 nitrogen and oxygen atoms in total. The van der Waals surface area contributed by atoms with Gasteiger partial charge in [-0.3, -0.25) is 9.80 Å². The third kappa shape index (κ3) is 3.31. The maximum absolute atomic E-state index is 12.6. The van der Waals surface area contributed by atoms with Crippen LogP contribution in [-0.4, -0.2) is 23.6 Å². The summed E-state index contributed by atoms with van der Waals surface area (Å²) >= 11 is 0. The van der Waals surface area contributed by atoms with Crippen molar-refractivity contribution in [3.8, 4) is 5.75 Å². The van der Waals surface area contributed by atoms with Gasteiger partial charge in [-0.15, -0.1) is 0 Å². The standard InChI is InChI=1S/C20H21N3O3/c1-12-9-10-13(2)18(14(12)3)26-20(25)16-11-17(19(21)24)23(22-16)15-7-5-4-6-8-15/h4-10,17H,11H2,1-3H3,(H2,21,24). The number of nitrogens with zero attached hydrogens (tertiary/aromatic N) is 2. The fourth-order valence-electron chi connectivity index (χ4n) is 2.91. The van der Waals surface area contributed by atoms with Gasteiger partial charge >= 0.3 is 5.97 Å². The van der Waals surface area contributed by atoms with Crippen molar-refractivity contribution in [1.82, 2.24) is 0 Å². The van der Waals surface area contributed by atoms with Gasteiger partial charge in [0.05, 0.1) is 5.69 Å². The quantitative estimate of drug-likeness (QED) is 0.678. The molecule has 1 amide bonds. The summed E-state index contributed by atoms with van der Waals surface area (Å²) < 4.78 is 5.60. The topological polar surface area (TPSA) is 85.0 Å². The molecule has 134 valence electrons. The number of hydrazone groups is 1. The number of esters is 1. The van der Waals surface area contributed by atoms with Gasteiger partial charge in [-0.05, 0) is 49.6 Å². The Morgan fingerprint density at radius 1 is 1.08 bits per heavy atom. The lowest BCUT2D eigenvalue weighted by Crippen LogP contribution is -2.39. The van der Waals surface area contributed by atoms with E-state index in [2.05, 4.69) is 5.10 Å². The van der Waals surface area contributed by atoms with Crippen molar-refractivity contribution in [2.24, 2.45) is 10.8 Å². The van der Waals surface area contributed by atoms with E-state index in [1.54, 1.807) is 0 Å². The Morgan fingerprint density at radius 3 is 2.38 bits per heavy atom. The molecule has 6 heteroatoms. The summed E-state index contributed by atoms with van der Waals surface area (Å²) in [5, 5.41) is 5.79. The Labute approximate surface area is 152 Å². The van der Waals surface area contributed by atoms with E-state index in [1.165, 1.54) is 5.01 Å². The predicted molar refractivity (Wildman–Crippen MR) is 100 cm³/mol. The zero-order valence-electron chi connectivity index (χ0n) is 15.0. The van der Waals surface area contributed by atoms with Gasteiger partial charge in [0.25, 0.3) is 0 Å². The summed E-state index contributed by atoms with van der Waals surface area (Å²) in [7, 11) is 0. The van der Waals surface area contributed by atoms with Crippen LogP contribution < -0.4 is 15.5 Å². The van der Waals surface area contributed by atoms with E-state index in [-0.39, 0.29) is 12.1 Å². The SMILES string of the molecule is Cc1ccc(C)c(OC(=O)C2=NN(c3ccccc3)C(C(N)=O)C2)c1C. The zero-order valence-corrected chi connectivity index (χ0v) is 15.0. The Balaban J connectivity index is 1.88. The summed E-state index contributed by atoms with van der Waals surface area (Å²) in [5.74, 6) is -0.568. The highest BCUT2D eigenvalue weighted by Gasteiger charge is 2.36. The molecule has 0 spiro atoms. The van der Waals surface area contributed by atoms with Gasteiger partial charge < -0.3 is 10.5 Å². The lowest BCUT2D eigenvalue weighted by molar-refractivity contribution is -0.127. The molecule has 3 rings (SSSR count). The van der Waals surface area contributed by atoms with Crippen LogP contribution in [0.2, 0.25) is 0 Å². The molecule has 0 aromatic heterocycles. The summed E-state index contributed by atoms with van der Waals surface area (Å²) in [6.07, 6.45) is 0.118. The summed E-state index contributed by atoms with van der Waals surface area (Å²) in [6.45, 7) is 5.75. The summed E-state index contributed by atoms with van der Waals surface area (Å²) in [6, 6.07) is 12.3. The summed E-state index contributed by atoms with van der Waals surface area (Å²) in [4.78, 5) is 24.5. The highest BCUT2D eigenvalue weighted by atomic mass is 16.5. The molecule has 0 saturated heterocycles. The van der Waals surface area contributed by atoms with Crippen molar-refractivity contribution in [1.29, 1.82) is 0 Å². The third-order valence-electron chi connectivity index (χ3n) is 4.56. The number of carbonyl (C=O) groups is 2. The molecule has 0 saturated carbocycles. The number of primary amides is 1. The molecule has 2 N–H and O–H groups in total. The van der Waals surface area contributed by atoms with Crippen molar-refractivity contribution < 1.29 is 14.3 Å². The monoisotopic (exact) mass is 351 g/mol. The molecular weight excluding hydrogens is 330 g/mol. The second-order valence-electron chi connectivity index (χ2n) is 6.39. The number of ether oxygens (including phenoxy) is 1. The van der Waals surface area contributed by atoms with Gasteiger partial charge in [0.1, 0.15) is 17.5 Å². The molecule has 0 aliphatic carbocycles. The number of hydrogen-bond acceptors (Lipinski definition) is 5. The second-order valence-corrected chi connectivity index (χ2v) is 6.39. The van der Waals surface area contributed by atoms with Crippen molar-refractivity contribution in [3.05, 3.63) is 59.2 Å². The number of nitrogens with two attached hydrogens (primary N) is 1. The molecule has 1 unspecified atom stereocenters. The first kappa shape index (κ1) is 17.7. The first-order chi connectivity index (χ1) is 12.4. The molecule has 0 radical (unpaired) electrons.